The van der Waals surface area contributed by atoms with Crippen LogP contribution >= 0.6 is 0 Å². The number of piperidine rings is 1. The molecule has 1 atom stereocenters. The molecule has 1 saturated heterocycles. The van der Waals surface area contributed by atoms with E-state index in [9.17, 15) is 31.4 Å². The van der Waals surface area contributed by atoms with Gasteiger partial charge in [-0.1, -0.05) is 17.7 Å². The van der Waals surface area contributed by atoms with Gasteiger partial charge in [0.05, 0.1) is 0 Å². The fourth-order valence-corrected chi connectivity index (χ4v) is 3.13. The van der Waals surface area contributed by atoms with E-state index in [4.69, 9.17) is 24.5 Å². The van der Waals surface area contributed by atoms with Gasteiger partial charge in [-0.3, -0.25) is 0 Å². The summed E-state index contributed by atoms with van der Waals surface area (Å²) in [7, 11) is 0. The van der Waals surface area contributed by atoms with E-state index in [-0.39, 0.29) is 0 Å². The Kier molecular flexibility index (Phi) is 14.5. The number of hydrogen-bond donors (Lipinski definition) is 4. The lowest BCUT2D eigenvalue weighted by Gasteiger charge is -2.35. The van der Waals surface area contributed by atoms with Gasteiger partial charge in [0.1, 0.15) is 18.5 Å². The molecule has 214 valence electrons. The van der Waals surface area contributed by atoms with E-state index in [0.717, 1.165) is 37.2 Å². The van der Waals surface area contributed by atoms with Crippen LogP contribution in [0.4, 0.5) is 26.3 Å². The van der Waals surface area contributed by atoms with E-state index in [1.54, 1.807) is 0 Å². The lowest BCUT2D eigenvalue weighted by atomic mass is 10.0. The molecular weight excluding hydrogens is 514 g/mol. The first kappa shape index (κ1) is 34.4. The molecule has 0 amide bonds. The third-order valence-corrected chi connectivity index (χ3v) is 5.15. The van der Waals surface area contributed by atoms with Gasteiger partial charge < -0.3 is 30.3 Å². The number of rotatable bonds is 7. The zero-order valence-electron chi connectivity index (χ0n) is 21.0. The summed E-state index contributed by atoms with van der Waals surface area (Å²) in [5.74, 6) is -4.65. The van der Waals surface area contributed by atoms with E-state index in [0.29, 0.717) is 25.2 Å². The molecule has 1 aliphatic heterocycles. The van der Waals surface area contributed by atoms with Gasteiger partial charge in [-0.05, 0) is 65.3 Å². The lowest BCUT2D eigenvalue weighted by molar-refractivity contribution is -0.193. The number of benzene rings is 1. The number of carbonyl (C=O) groups is 2. The maximum absolute atomic E-state index is 10.6. The van der Waals surface area contributed by atoms with Gasteiger partial charge >= 0.3 is 24.3 Å². The van der Waals surface area contributed by atoms with Crippen molar-refractivity contribution in [3.05, 3.63) is 29.3 Å². The Bertz CT molecular complexity index is 816. The number of carboxylic acid groups (broad SMARTS) is 2. The monoisotopic (exact) mass is 548 g/mol. The Morgan fingerprint density at radius 2 is 1.49 bits per heavy atom. The largest absolute Gasteiger partial charge is 0.491 e. The summed E-state index contributed by atoms with van der Waals surface area (Å²) in [4.78, 5) is 20.3. The van der Waals surface area contributed by atoms with Crippen LogP contribution in [0.5, 0.6) is 5.75 Å². The van der Waals surface area contributed by atoms with Crippen LogP contribution in [-0.4, -0.2) is 88.9 Å². The van der Waals surface area contributed by atoms with E-state index in [2.05, 4.69) is 37.1 Å². The highest BCUT2D eigenvalue weighted by molar-refractivity contribution is 5.73. The third kappa shape index (κ3) is 15.3. The summed E-state index contributed by atoms with van der Waals surface area (Å²) >= 11 is 0. The number of halogens is 6. The molecule has 1 heterocycles. The number of hydrogen-bond acceptors (Lipinski definition) is 6. The summed E-state index contributed by atoms with van der Waals surface area (Å²) in [6.07, 6.45) is -8.33. The molecule has 0 aromatic heterocycles. The van der Waals surface area contributed by atoms with Gasteiger partial charge in [-0.25, -0.2) is 9.59 Å². The quantitative estimate of drug-likeness (QED) is 0.381. The molecule has 0 bridgehead atoms. The number of nitrogens with one attached hydrogen (secondary N) is 1. The summed E-state index contributed by atoms with van der Waals surface area (Å²) in [6.45, 7) is 11.8. The van der Waals surface area contributed by atoms with Gasteiger partial charge in [-0.2, -0.15) is 26.3 Å². The zero-order chi connectivity index (χ0) is 29.0. The Balaban J connectivity index is 0.000000761. The van der Waals surface area contributed by atoms with Crippen LogP contribution in [0.25, 0.3) is 0 Å². The lowest BCUT2D eigenvalue weighted by Crippen LogP contribution is -2.47. The maximum atomic E-state index is 10.6. The number of aliphatic carboxylic acids is 2. The number of aliphatic hydroxyl groups is 1. The molecule has 0 spiro atoms. The number of carboxylic acids is 2. The Hall–Kier alpha value is -2.58. The number of aliphatic hydroxyl groups excluding tert-OH is 1. The van der Waals surface area contributed by atoms with Gasteiger partial charge in [-0.15, -0.1) is 0 Å². The molecule has 0 saturated carbocycles. The van der Waals surface area contributed by atoms with Crippen LogP contribution in [0.3, 0.4) is 0 Å². The summed E-state index contributed by atoms with van der Waals surface area (Å²) < 4.78 is 69.2. The molecule has 1 aliphatic rings. The van der Waals surface area contributed by atoms with Crippen molar-refractivity contribution in [3.63, 3.8) is 0 Å². The fourth-order valence-electron chi connectivity index (χ4n) is 3.13. The number of ether oxygens (including phenoxy) is 1. The fraction of sp³-hybridized carbons (Fsp3) is 0.652. The van der Waals surface area contributed by atoms with E-state index in [1.807, 2.05) is 19.1 Å². The molecule has 1 unspecified atom stereocenters. The summed E-state index contributed by atoms with van der Waals surface area (Å²) in [5, 5.41) is 27.9. The van der Waals surface area contributed by atoms with Crippen LogP contribution < -0.4 is 10.1 Å². The van der Waals surface area contributed by atoms with Crippen molar-refractivity contribution in [2.75, 3.05) is 26.2 Å². The topological polar surface area (TPSA) is 119 Å². The first-order chi connectivity index (χ1) is 16.8. The van der Waals surface area contributed by atoms with Crippen LogP contribution in [0, 0.1) is 13.8 Å². The predicted molar refractivity (Wildman–Crippen MR) is 123 cm³/mol. The normalized spacial score (nSPS) is 15.7. The summed E-state index contributed by atoms with van der Waals surface area (Å²) in [5.41, 5.74) is 2.34. The zero-order valence-corrected chi connectivity index (χ0v) is 21.0. The van der Waals surface area contributed by atoms with E-state index >= 15 is 0 Å². The van der Waals surface area contributed by atoms with Gasteiger partial charge in [0, 0.05) is 18.6 Å². The highest BCUT2D eigenvalue weighted by Gasteiger charge is 2.38. The first-order valence-corrected chi connectivity index (χ1v) is 11.3. The second-order valence-corrected chi connectivity index (χ2v) is 8.65. The Labute approximate surface area is 211 Å². The average molecular weight is 549 g/mol. The van der Waals surface area contributed by atoms with Gasteiger partial charge in [0.15, 0.2) is 0 Å². The minimum Gasteiger partial charge on any atom is -0.491 e. The predicted octanol–water partition coefficient (Wildman–Crippen LogP) is 3.77. The second-order valence-electron chi connectivity index (χ2n) is 8.65. The van der Waals surface area contributed by atoms with Crippen LogP contribution in [-0.2, 0) is 9.59 Å². The Morgan fingerprint density at radius 3 is 1.86 bits per heavy atom. The summed E-state index contributed by atoms with van der Waals surface area (Å²) in [6, 6.07) is 7.26. The standard InChI is InChI=1S/C19H32N2O2.2C2HF3O2/c1-14(2)21-9-7-17(8-10-21)20-12-18(22)13-23-19-6-5-15(3)11-16(19)4;2*3-2(4,5)1(6)7/h5-6,11,14,17-18,20,22H,7-10,12-13H2,1-4H3;2*(H,6,7). The number of nitrogens with zero attached hydrogens (tertiary/aromatic N) is 1. The number of aryl methyl sites for hydroxylation is 2. The second kappa shape index (κ2) is 15.6. The van der Waals surface area contributed by atoms with Crippen molar-refractivity contribution < 1.29 is 56.0 Å². The molecule has 0 aliphatic carbocycles. The van der Waals surface area contributed by atoms with Crippen molar-refractivity contribution in [2.24, 2.45) is 0 Å². The van der Waals surface area contributed by atoms with Crippen LogP contribution in [0.2, 0.25) is 0 Å². The van der Waals surface area contributed by atoms with Crippen molar-refractivity contribution in [2.45, 2.75) is 71.1 Å². The smallest absolute Gasteiger partial charge is 0.490 e. The average Bonchev–Trinajstić information content (AvgIpc) is 2.77. The minimum absolute atomic E-state index is 0.335. The first-order valence-electron chi connectivity index (χ1n) is 11.3. The maximum Gasteiger partial charge on any atom is 0.490 e. The molecule has 2 rings (SSSR count). The number of alkyl halides is 6. The van der Waals surface area contributed by atoms with Crippen LogP contribution in [0.1, 0.15) is 37.8 Å². The van der Waals surface area contributed by atoms with Crippen molar-refractivity contribution in [3.8, 4) is 5.75 Å². The third-order valence-electron chi connectivity index (χ3n) is 5.15. The van der Waals surface area contributed by atoms with Crippen LogP contribution in [0.15, 0.2) is 18.2 Å². The van der Waals surface area contributed by atoms with Crippen molar-refractivity contribution >= 4 is 11.9 Å². The minimum atomic E-state index is -5.08. The highest BCUT2D eigenvalue weighted by Crippen LogP contribution is 2.19. The molecule has 4 N–H and O–H groups in total. The molecule has 1 aromatic rings. The number of likely N-dealkylation sites (tertiary alicyclic amines) is 1. The molecule has 1 aromatic carbocycles. The molecule has 14 heteroatoms. The molecular formula is C23H34F6N2O6. The SMILES string of the molecule is Cc1ccc(OCC(O)CNC2CCN(C(C)C)CC2)c(C)c1.O=C(O)C(F)(F)F.O=C(O)C(F)(F)F. The molecule has 1 fully saturated rings. The van der Waals surface area contributed by atoms with E-state index < -0.39 is 30.4 Å². The highest BCUT2D eigenvalue weighted by atomic mass is 19.4. The molecule has 37 heavy (non-hydrogen) atoms. The van der Waals surface area contributed by atoms with Crippen molar-refractivity contribution in [1.82, 2.24) is 10.2 Å². The van der Waals surface area contributed by atoms with Crippen molar-refractivity contribution in [1.29, 1.82) is 0 Å². The van der Waals surface area contributed by atoms with Gasteiger partial charge in [0.25, 0.3) is 0 Å². The van der Waals surface area contributed by atoms with Gasteiger partial charge in [0.2, 0.25) is 0 Å². The molecule has 8 nitrogen and oxygen atoms in total. The Morgan fingerprint density at radius 1 is 1.03 bits per heavy atom. The van der Waals surface area contributed by atoms with E-state index in [1.165, 1.54) is 5.56 Å². The molecule has 0 radical (unpaired) electrons.